The number of hydrogen-bond acceptors (Lipinski definition) is 7. The third kappa shape index (κ3) is 8.03. The molecule has 9 heteroatoms. The molecule has 4 N–H and O–H groups in total. The van der Waals surface area contributed by atoms with Gasteiger partial charge in [0.05, 0.1) is 37.2 Å². The summed E-state index contributed by atoms with van der Waals surface area (Å²) in [5.74, 6) is -0.232. The molecule has 0 aliphatic heterocycles. The minimum Gasteiger partial charge on any atom is -0.497 e. The molecule has 0 aliphatic carbocycles. The number of ether oxygens (including phenoxy) is 1. The molecule has 0 bridgehead atoms. The molecule has 0 saturated carbocycles. The second kappa shape index (κ2) is 14.5. The predicted molar refractivity (Wildman–Crippen MR) is 166 cm³/mol. The third-order valence-corrected chi connectivity index (χ3v) is 7.59. The fourth-order valence-electron chi connectivity index (χ4n) is 5.22. The van der Waals surface area contributed by atoms with Gasteiger partial charge < -0.3 is 25.8 Å². The van der Waals surface area contributed by atoms with Crippen molar-refractivity contribution in [2.75, 3.05) is 13.7 Å². The van der Waals surface area contributed by atoms with Gasteiger partial charge in [-0.25, -0.2) is 0 Å². The minimum absolute atomic E-state index is 0.0985. The average molecular weight is 582 g/mol. The van der Waals surface area contributed by atoms with Gasteiger partial charge in [-0.05, 0) is 74.2 Å². The van der Waals surface area contributed by atoms with Crippen molar-refractivity contribution in [1.29, 1.82) is 0 Å². The van der Waals surface area contributed by atoms with Crippen LogP contribution in [-0.4, -0.2) is 57.6 Å². The second-order valence-corrected chi connectivity index (χ2v) is 10.7. The van der Waals surface area contributed by atoms with Gasteiger partial charge in [0.1, 0.15) is 5.75 Å². The van der Waals surface area contributed by atoms with Crippen molar-refractivity contribution in [3.8, 4) is 5.75 Å². The van der Waals surface area contributed by atoms with Crippen LogP contribution in [-0.2, 0) is 6.42 Å². The summed E-state index contributed by atoms with van der Waals surface area (Å²) in [7, 11) is 1.62. The van der Waals surface area contributed by atoms with Gasteiger partial charge in [0, 0.05) is 36.1 Å². The number of nitrogens with one attached hydrogen (secondary N) is 1. The van der Waals surface area contributed by atoms with E-state index in [0.29, 0.717) is 17.7 Å². The Morgan fingerprint density at radius 3 is 2.42 bits per heavy atom. The molecule has 3 aromatic carbocycles. The zero-order valence-corrected chi connectivity index (χ0v) is 25.0. The molecule has 1 aromatic heterocycles. The largest absolute Gasteiger partial charge is 0.497 e. The number of carbonyl (C=O) groups is 2. The van der Waals surface area contributed by atoms with Crippen molar-refractivity contribution in [1.82, 2.24) is 20.2 Å². The Labute approximate surface area is 252 Å². The van der Waals surface area contributed by atoms with Crippen LogP contribution in [0.25, 0.3) is 0 Å². The van der Waals surface area contributed by atoms with E-state index in [2.05, 4.69) is 15.3 Å². The molecule has 0 saturated heterocycles. The number of hydrogen-bond donors (Lipinski definition) is 3. The summed E-state index contributed by atoms with van der Waals surface area (Å²) < 4.78 is 5.37. The number of aliphatic hydroxyl groups excluding tert-OH is 1. The fourth-order valence-corrected chi connectivity index (χ4v) is 5.22. The molecule has 9 nitrogen and oxygen atoms in total. The van der Waals surface area contributed by atoms with Crippen LogP contribution in [0.4, 0.5) is 0 Å². The summed E-state index contributed by atoms with van der Waals surface area (Å²) in [6, 6.07) is 21.0. The molecule has 0 fully saturated rings. The summed E-state index contributed by atoms with van der Waals surface area (Å²) in [6.45, 7) is 5.88. The highest BCUT2D eigenvalue weighted by Gasteiger charge is 2.36. The minimum atomic E-state index is -0.975. The van der Waals surface area contributed by atoms with Crippen molar-refractivity contribution < 1.29 is 19.4 Å². The number of amides is 2. The molecule has 1 heterocycles. The number of methoxy groups -OCH3 is 1. The number of rotatable bonds is 13. The molecule has 0 spiro atoms. The SMILES string of the molecule is COc1cccc([C@@H](C)NC[C@@H](O)[C@H](Cc2ccccc2)N(C(=O)c2cc(C)cc(C(N)=O)c2)C(C)c2cnccn2)c1. The van der Waals surface area contributed by atoms with E-state index >= 15 is 0 Å². The first kappa shape index (κ1) is 31.3. The van der Waals surface area contributed by atoms with Gasteiger partial charge in [0.2, 0.25) is 5.91 Å². The number of carbonyl (C=O) groups excluding carboxylic acids is 2. The molecule has 4 rings (SSSR count). The Morgan fingerprint density at radius 1 is 1.00 bits per heavy atom. The highest BCUT2D eigenvalue weighted by molar-refractivity contribution is 5.99. The standard InChI is InChI=1S/C34H39N5O4/c1-22-15-27(33(35)41)18-28(16-22)34(42)39(24(3)30-20-36-13-14-37-30)31(17-25-9-6-5-7-10-25)32(40)21-38-23(2)26-11-8-12-29(19-26)43-4/h5-16,18-20,23-24,31-32,38,40H,17,21H2,1-4H3,(H2,35,41)/t23-,24?,31+,32-/m1/s1. The van der Waals surface area contributed by atoms with Gasteiger partial charge >= 0.3 is 0 Å². The first-order valence-electron chi connectivity index (χ1n) is 14.3. The average Bonchev–Trinajstić information content (AvgIpc) is 3.03. The van der Waals surface area contributed by atoms with Gasteiger partial charge in [-0.15, -0.1) is 0 Å². The van der Waals surface area contributed by atoms with Crippen LogP contribution < -0.4 is 15.8 Å². The lowest BCUT2D eigenvalue weighted by molar-refractivity contribution is 0.0208. The Kier molecular flexibility index (Phi) is 10.6. The maximum Gasteiger partial charge on any atom is 0.254 e. The summed E-state index contributed by atoms with van der Waals surface area (Å²) in [5.41, 5.74) is 9.38. The van der Waals surface area contributed by atoms with Crippen molar-refractivity contribution in [2.24, 2.45) is 5.73 Å². The molecule has 224 valence electrons. The normalized spacial score (nSPS) is 13.9. The highest BCUT2D eigenvalue weighted by Crippen LogP contribution is 2.28. The van der Waals surface area contributed by atoms with Crippen LogP contribution in [0.2, 0.25) is 0 Å². The van der Waals surface area contributed by atoms with E-state index in [1.165, 1.54) is 6.07 Å². The van der Waals surface area contributed by atoms with Crippen LogP contribution >= 0.6 is 0 Å². The highest BCUT2D eigenvalue weighted by atomic mass is 16.5. The van der Waals surface area contributed by atoms with E-state index in [4.69, 9.17) is 10.5 Å². The van der Waals surface area contributed by atoms with E-state index in [1.807, 2.05) is 68.4 Å². The number of aromatic nitrogens is 2. The topological polar surface area (TPSA) is 131 Å². The van der Waals surface area contributed by atoms with Gasteiger partial charge in [-0.1, -0.05) is 42.5 Å². The van der Waals surface area contributed by atoms with Crippen molar-refractivity contribution in [3.63, 3.8) is 0 Å². The van der Waals surface area contributed by atoms with Crippen LogP contribution in [0.5, 0.6) is 5.75 Å². The molecule has 0 aliphatic rings. The number of nitrogens with two attached hydrogens (primary N) is 1. The molecule has 4 atom stereocenters. The van der Waals surface area contributed by atoms with Crippen LogP contribution in [0.1, 0.15) is 69.0 Å². The van der Waals surface area contributed by atoms with E-state index in [0.717, 1.165) is 22.4 Å². The molecule has 43 heavy (non-hydrogen) atoms. The Bertz CT molecular complexity index is 1520. The first-order chi connectivity index (χ1) is 20.7. The zero-order chi connectivity index (χ0) is 30.9. The van der Waals surface area contributed by atoms with Gasteiger partial charge in [-0.2, -0.15) is 0 Å². The van der Waals surface area contributed by atoms with Crippen molar-refractivity contribution >= 4 is 11.8 Å². The summed E-state index contributed by atoms with van der Waals surface area (Å²) in [5, 5.41) is 15.3. The number of nitrogens with zero attached hydrogens (tertiary/aromatic N) is 3. The van der Waals surface area contributed by atoms with Crippen LogP contribution in [0.3, 0.4) is 0 Å². The van der Waals surface area contributed by atoms with Gasteiger partial charge in [0.15, 0.2) is 0 Å². The van der Waals surface area contributed by atoms with E-state index in [1.54, 1.807) is 49.7 Å². The first-order valence-corrected chi connectivity index (χ1v) is 14.3. The number of aliphatic hydroxyl groups is 1. The van der Waals surface area contributed by atoms with Crippen molar-refractivity contribution in [2.45, 2.75) is 51.4 Å². The van der Waals surface area contributed by atoms with E-state index in [9.17, 15) is 14.7 Å². The number of primary amides is 1. The monoisotopic (exact) mass is 581 g/mol. The zero-order valence-electron chi connectivity index (χ0n) is 25.0. The fraction of sp³-hybridized carbons (Fsp3) is 0.294. The predicted octanol–water partition coefficient (Wildman–Crippen LogP) is 4.42. The lowest BCUT2D eigenvalue weighted by Crippen LogP contribution is -2.52. The molecule has 1 unspecified atom stereocenters. The van der Waals surface area contributed by atoms with Crippen LogP contribution in [0.15, 0.2) is 91.4 Å². The molecule has 4 aromatic rings. The van der Waals surface area contributed by atoms with Gasteiger partial charge in [0.25, 0.3) is 5.91 Å². The van der Waals surface area contributed by atoms with Crippen molar-refractivity contribution in [3.05, 3.63) is 125 Å². The Hall–Kier alpha value is -4.60. The molecular formula is C34H39N5O4. The Balaban J connectivity index is 1.73. The van der Waals surface area contributed by atoms with E-state index in [-0.39, 0.29) is 24.1 Å². The third-order valence-electron chi connectivity index (χ3n) is 7.59. The summed E-state index contributed by atoms with van der Waals surface area (Å²) in [4.78, 5) is 36.8. The molecule has 2 amide bonds. The maximum absolute atomic E-state index is 14.4. The lowest BCUT2D eigenvalue weighted by Gasteiger charge is -2.39. The Morgan fingerprint density at radius 2 is 1.74 bits per heavy atom. The molecular weight excluding hydrogens is 542 g/mol. The smallest absolute Gasteiger partial charge is 0.254 e. The second-order valence-electron chi connectivity index (χ2n) is 10.7. The number of benzene rings is 3. The van der Waals surface area contributed by atoms with E-state index < -0.39 is 24.1 Å². The maximum atomic E-state index is 14.4. The quantitative estimate of drug-likeness (QED) is 0.213. The van der Waals surface area contributed by atoms with Crippen LogP contribution in [0, 0.1) is 6.92 Å². The van der Waals surface area contributed by atoms with Gasteiger partial charge in [-0.3, -0.25) is 19.6 Å². The number of aryl methyl sites for hydroxylation is 1. The molecule has 0 radical (unpaired) electrons. The summed E-state index contributed by atoms with van der Waals surface area (Å²) in [6.07, 6.45) is 4.17. The summed E-state index contributed by atoms with van der Waals surface area (Å²) >= 11 is 0. The lowest BCUT2D eigenvalue weighted by atomic mass is 9.95.